The van der Waals surface area contributed by atoms with Crippen LogP contribution in [0.25, 0.3) is 0 Å². The van der Waals surface area contributed by atoms with Crippen LogP contribution in [0.2, 0.25) is 0 Å². The largest absolute Gasteiger partial charge is 0.324 e. The molecule has 0 radical (unpaired) electrons. The van der Waals surface area contributed by atoms with Gasteiger partial charge in [-0.3, -0.25) is 0 Å². The second-order valence-electron chi connectivity index (χ2n) is 5.61. The molecule has 0 spiro atoms. The van der Waals surface area contributed by atoms with Crippen molar-refractivity contribution in [1.29, 1.82) is 0 Å². The van der Waals surface area contributed by atoms with Crippen LogP contribution in [0.4, 0.5) is 0 Å². The van der Waals surface area contributed by atoms with Crippen LogP contribution in [-0.2, 0) is 0 Å². The molecular weight excluding hydrogens is 194 g/mol. The Morgan fingerprint density at radius 3 is 2.38 bits per heavy atom. The van der Waals surface area contributed by atoms with Crippen molar-refractivity contribution in [3.05, 3.63) is 35.9 Å². The Labute approximate surface area is 98.0 Å². The van der Waals surface area contributed by atoms with Crippen molar-refractivity contribution in [3.63, 3.8) is 0 Å². The molecular formula is C15H21N. The fourth-order valence-electron chi connectivity index (χ4n) is 3.50. The first-order chi connectivity index (χ1) is 7.81. The van der Waals surface area contributed by atoms with E-state index in [9.17, 15) is 0 Å². The highest BCUT2D eigenvalue weighted by Crippen LogP contribution is 2.56. The molecule has 2 atom stereocenters. The lowest BCUT2D eigenvalue weighted by molar-refractivity contribution is 0.286. The third kappa shape index (κ3) is 1.67. The third-order valence-electron chi connectivity index (χ3n) is 4.61. The van der Waals surface area contributed by atoms with Gasteiger partial charge in [0.25, 0.3) is 0 Å². The van der Waals surface area contributed by atoms with Crippen molar-refractivity contribution in [3.8, 4) is 0 Å². The minimum absolute atomic E-state index is 0.141. The van der Waals surface area contributed by atoms with E-state index in [2.05, 4.69) is 30.3 Å². The van der Waals surface area contributed by atoms with Crippen LogP contribution in [0.15, 0.2) is 30.3 Å². The predicted octanol–water partition coefficient (Wildman–Crippen LogP) is 3.45. The van der Waals surface area contributed by atoms with E-state index < -0.39 is 0 Å². The lowest BCUT2D eigenvalue weighted by Gasteiger charge is -2.28. The molecule has 2 aliphatic rings. The fourth-order valence-corrected chi connectivity index (χ4v) is 3.50. The number of hydrogen-bond acceptors (Lipinski definition) is 1. The van der Waals surface area contributed by atoms with Gasteiger partial charge in [0.15, 0.2) is 0 Å². The van der Waals surface area contributed by atoms with Crippen LogP contribution < -0.4 is 5.73 Å². The number of hydrogen-bond donors (Lipinski definition) is 1. The van der Waals surface area contributed by atoms with Gasteiger partial charge >= 0.3 is 0 Å². The second-order valence-corrected chi connectivity index (χ2v) is 5.61. The average Bonchev–Trinajstić information content (AvgIpc) is 3.06. The highest BCUT2D eigenvalue weighted by molar-refractivity contribution is 5.33. The van der Waals surface area contributed by atoms with Gasteiger partial charge in [-0.25, -0.2) is 0 Å². The normalized spacial score (nSPS) is 34.9. The van der Waals surface area contributed by atoms with Gasteiger partial charge in [-0.15, -0.1) is 0 Å². The Bertz CT molecular complexity index is 353. The summed E-state index contributed by atoms with van der Waals surface area (Å²) in [5.41, 5.74) is 8.19. The molecule has 2 unspecified atom stereocenters. The maximum absolute atomic E-state index is 6.60. The molecule has 1 aromatic carbocycles. The van der Waals surface area contributed by atoms with Gasteiger partial charge in [0.2, 0.25) is 0 Å². The number of benzene rings is 1. The number of nitrogens with two attached hydrogens (primary N) is 1. The third-order valence-corrected chi connectivity index (χ3v) is 4.61. The molecule has 1 heteroatoms. The summed E-state index contributed by atoms with van der Waals surface area (Å²) in [5, 5.41) is 0. The van der Waals surface area contributed by atoms with Gasteiger partial charge < -0.3 is 5.73 Å². The molecule has 86 valence electrons. The van der Waals surface area contributed by atoms with E-state index in [0.717, 1.165) is 5.92 Å². The summed E-state index contributed by atoms with van der Waals surface area (Å²) in [6.07, 6.45) is 8.14. The molecule has 3 rings (SSSR count). The minimum atomic E-state index is 0.141. The summed E-state index contributed by atoms with van der Waals surface area (Å²) in [6, 6.07) is 10.8. The molecule has 0 bridgehead atoms. The van der Waals surface area contributed by atoms with Gasteiger partial charge in [-0.05, 0) is 30.7 Å². The highest BCUT2D eigenvalue weighted by Gasteiger charge is 2.56. The summed E-state index contributed by atoms with van der Waals surface area (Å²) in [4.78, 5) is 0. The number of rotatable bonds is 2. The van der Waals surface area contributed by atoms with Crippen molar-refractivity contribution in [2.24, 2.45) is 11.7 Å². The van der Waals surface area contributed by atoms with Gasteiger partial charge in [0, 0.05) is 11.5 Å². The molecule has 16 heavy (non-hydrogen) atoms. The topological polar surface area (TPSA) is 26.0 Å². The van der Waals surface area contributed by atoms with Crippen LogP contribution in [-0.4, -0.2) is 5.54 Å². The molecule has 2 saturated carbocycles. The molecule has 2 aliphatic carbocycles. The van der Waals surface area contributed by atoms with Gasteiger partial charge in [-0.2, -0.15) is 0 Å². The Balaban J connectivity index is 1.73. The Hall–Kier alpha value is -0.820. The van der Waals surface area contributed by atoms with E-state index in [-0.39, 0.29) is 5.54 Å². The van der Waals surface area contributed by atoms with Crippen molar-refractivity contribution >= 4 is 0 Å². The SMILES string of the molecule is NC1(C2CCCCC2)CC1c1ccccc1. The van der Waals surface area contributed by atoms with E-state index in [0.29, 0.717) is 5.92 Å². The second kappa shape index (κ2) is 3.89. The Kier molecular flexibility index (Phi) is 2.51. The lowest BCUT2D eigenvalue weighted by atomic mass is 9.81. The smallest absolute Gasteiger partial charge is 0.0259 e. The quantitative estimate of drug-likeness (QED) is 0.803. The van der Waals surface area contributed by atoms with Gasteiger partial charge in [-0.1, -0.05) is 49.6 Å². The molecule has 2 N–H and O–H groups in total. The van der Waals surface area contributed by atoms with Crippen LogP contribution in [0.5, 0.6) is 0 Å². The van der Waals surface area contributed by atoms with Crippen molar-refractivity contribution < 1.29 is 0 Å². The van der Waals surface area contributed by atoms with E-state index in [1.807, 2.05) is 0 Å². The van der Waals surface area contributed by atoms with E-state index >= 15 is 0 Å². The zero-order valence-electron chi connectivity index (χ0n) is 9.86. The molecule has 0 aromatic heterocycles. The summed E-state index contributed by atoms with van der Waals surface area (Å²) in [6.45, 7) is 0. The Morgan fingerprint density at radius 1 is 1.00 bits per heavy atom. The lowest BCUT2D eigenvalue weighted by Crippen LogP contribution is -2.35. The van der Waals surface area contributed by atoms with E-state index in [1.165, 1.54) is 44.1 Å². The standard InChI is InChI=1S/C15H21N/c16-15(13-9-5-2-6-10-13)11-14(15)12-7-3-1-4-8-12/h1,3-4,7-8,13-14H,2,5-6,9-11,16H2. The molecule has 0 aliphatic heterocycles. The molecule has 0 amide bonds. The zero-order valence-corrected chi connectivity index (χ0v) is 9.86. The maximum atomic E-state index is 6.60. The molecule has 2 fully saturated rings. The summed E-state index contributed by atoms with van der Waals surface area (Å²) < 4.78 is 0. The van der Waals surface area contributed by atoms with Crippen LogP contribution in [0, 0.1) is 5.92 Å². The van der Waals surface area contributed by atoms with Crippen molar-refractivity contribution in [1.82, 2.24) is 0 Å². The van der Waals surface area contributed by atoms with Crippen LogP contribution in [0.3, 0.4) is 0 Å². The van der Waals surface area contributed by atoms with E-state index in [4.69, 9.17) is 5.73 Å². The highest BCUT2D eigenvalue weighted by atomic mass is 14.9. The van der Waals surface area contributed by atoms with Crippen molar-refractivity contribution in [2.45, 2.75) is 50.0 Å². The van der Waals surface area contributed by atoms with Gasteiger partial charge in [0.1, 0.15) is 0 Å². The molecule has 0 saturated heterocycles. The molecule has 1 aromatic rings. The summed E-state index contributed by atoms with van der Waals surface area (Å²) in [5.74, 6) is 1.42. The van der Waals surface area contributed by atoms with E-state index in [1.54, 1.807) is 0 Å². The first kappa shape index (κ1) is 10.3. The first-order valence-corrected chi connectivity index (χ1v) is 6.64. The van der Waals surface area contributed by atoms with Crippen LogP contribution >= 0.6 is 0 Å². The van der Waals surface area contributed by atoms with Gasteiger partial charge in [0.05, 0.1) is 0 Å². The zero-order chi connectivity index (χ0) is 11.0. The Morgan fingerprint density at radius 2 is 1.69 bits per heavy atom. The average molecular weight is 215 g/mol. The van der Waals surface area contributed by atoms with Crippen molar-refractivity contribution in [2.75, 3.05) is 0 Å². The predicted molar refractivity (Wildman–Crippen MR) is 67.3 cm³/mol. The first-order valence-electron chi connectivity index (χ1n) is 6.64. The van der Waals surface area contributed by atoms with Crippen LogP contribution in [0.1, 0.15) is 50.0 Å². The summed E-state index contributed by atoms with van der Waals surface area (Å²) in [7, 11) is 0. The fraction of sp³-hybridized carbons (Fsp3) is 0.600. The minimum Gasteiger partial charge on any atom is -0.324 e. The molecule has 0 heterocycles. The molecule has 1 nitrogen and oxygen atoms in total. The maximum Gasteiger partial charge on any atom is 0.0259 e. The summed E-state index contributed by atoms with van der Waals surface area (Å²) >= 11 is 0. The monoisotopic (exact) mass is 215 g/mol.